The largest absolute Gasteiger partial charge is 0.339 e. The molecule has 1 fully saturated rings. The van der Waals surface area contributed by atoms with Crippen molar-refractivity contribution in [2.24, 2.45) is 5.92 Å². The fourth-order valence-electron chi connectivity index (χ4n) is 3.19. The molecule has 0 radical (unpaired) electrons. The van der Waals surface area contributed by atoms with Crippen molar-refractivity contribution in [3.05, 3.63) is 21.4 Å². The van der Waals surface area contributed by atoms with Crippen molar-refractivity contribution in [3.63, 3.8) is 0 Å². The minimum atomic E-state index is 0.0997. The van der Waals surface area contributed by atoms with Crippen LogP contribution in [0.1, 0.15) is 40.4 Å². The molecule has 2 heterocycles. The van der Waals surface area contributed by atoms with Gasteiger partial charge in [0.1, 0.15) is 0 Å². The smallest absolute Gasteiger partial charge is 0.264 e. The lowest BCUT2D eigenvalue weighted by molar-refractivity contribution is -0.130. The molecule has 0 saturated carbocycles. The third-order valence-electron chi connectivity index (χ3n) is 4.55. The molecule has 0 aromatic carbocycles. The van der Waals surface area contributed by atoms with E-state index in [0.717, 1.165) is 23.6 Å². The summed E-state index contributed by atoms with van der Waals surface area (Å²) in [5.74, 6) is 0.974. The van der Waals surface area contributed by atoms with Crippen molar-refractivity contribution in [2.75, 3.05) is 26.2 Å². The predicted molar refractivity (Wildman–Crippen MR) is 83.7 cm³/mol. The zero-order valence-corrected chi connectivity index (χ0v) is 13.5. The zero-order chi connectivity index (χ0) is 15.0. The van der Waals surface area contributed by atoms with Gasteiger partial charge >= 0.3 is 0 Å². The Morgan fingerprint density at radius 2 is 1.86 bits per heavy atom. The van der Waals surface area contributed by atoms with Crippen molar-refractivity contribution in [1.29, 1.82) is 0 Å². The van der Waals surface area contributed by atoms with E-state index in [9.17, 15) is 9.59 Å². The maximum absolute atomic E-state index is 12.6. The van der Waals surface area contributed by atoms with Gasteiger partial charge < -0.3 is 9.80 Å². The highest BCUT2D eigenvalue weighted by Crippen LogP contribution is 2.32. The molecule has 2 amide bonds. The normalized spacial score (nSPS) is 22.1. The lowest BCUT2D eigenvalue weighted by Crippen LogP contribution is -2.49. The summed E-state index contributed by atoms with van der Waals surface area (Å²) in [7, 11) is 0. The second-order valence-electron chi connectivity index (χ2n) is 6.21. The molecule has 1 aromatic heterocycles. The van der Waals surface area contributed by atoms with Gasteiger partial charge in [-0.2, -0.15) is 0 Å². The first-order valence-corrected chi connectivity index (χ1v) is 8.52. The third kappa shape index (κ3) is 2.98. The molecular formula is C16H22N2O2S. The third-order valence-corrected chi connectivity index (χ3v) is 5.78. The van der Waals surface area contributed by atoms with E-state index in [1.165, 1.54) is 16.9 Å². The van der Waals surface area contributed by atoms with Gasteiger partial charge in [0.05, 0.1) is 4.88 Å². The average molecular weight is 306 g/mol. The van der Waals surface area contributed by atoms with Gasteiger partial charge in [-0.15, -0.1) is 11.3 Å². The summed E-state index contributed by atoms with van der Waals surface area (Å²) in [6.45, 7) is 6.48. The van der Waals surface area contributed by atoms with Crippen LogP contribution in [0.15, 0.2) is 6.07 Å². The molecule has 1 saturated heterocycles. The molecule has 1 aromatic rings. The van der Waals surface area contributed by atoms with Crippen LogP contribution in [0, 0.1) is 5.92 Å². The lowest BCUT2D eigenvalue weighted by atomic mass is 9.90. The van der Waals surface area contributed by atoms with Crippen molar-refractivity contribution < 1.29 is 9.59 Å². The molecular weight excluding hydrogens is 284 g/mol. The molecule has 5 heteroatoms. The first-order chi connectivity index (χ1) is 10.0. The second-order valence-corrected chi connectivity index (χ2v) is 7.34. The summed E-state index contributed by atoms with van der Waals surface area (Å²) in [6, 6.07) is 2.11. The number of rotatable bonds is 1. The van der Waals surface area contributed by atoms with Gasteiger partial charge in [0, 0.05) is 38.0 Å². The Morgan fingerprint density at radius 1 is 1.19 bits per heavy atom. The fourth-order valence-corrected chi connectivity index (χ4v) is 4.37. The minimum Gasteiger partial charge on any atom is -0.339 e. The van der Waals surface area contributed by atoms with E-state index in [-0.39, 0.29) is 11.8 Å². The van der Waals surface area contributed by atoms with Crippen molar-refractivity contribution in [1.82, 2.24) is 9.80 Å². The van der Waals surface area contributed by atoms with Crippen LogP contribution in [0.5, 0.6) is 0 Å². The van der Waals surface area contributed by atoms with Crippen LogP contribution >= 0.6 is 11.3 Å². The van der Waals surface area contributed by atoms with Crippen LogP contribution in [-0.2, 0) is 17.6 Å². The van der Waals surface area contributed by atoms with Gasteiger partial charge in [-0.05, 0) is 36.8 Å². The van der Waals surface area contributed by atoms with Crippen LogP contribution in [0.3, 0.4) is 0 Å². The molecule has 2 aliphatic rings. The maximum Gasteiger partial charge on any atom is 0.264 e. The lowest BCUT2D eigenvalue weighted by Gasteiger charge is -2.33. The average Bonchev–Trinajstić information content (AvgIpc) is 2.89. The number of amides is 2. The number of carbonyl (C=O) groups is 2. The highest BCUT2D eigenvalue weighted by Gasteiger charge is 2.26. The molecule has 3 rings (SSSR count). The summed E-state index contributed by atoms with van der Waals surface area (Å²) >= 11 is 1.67. The standard InChI is InChI=1S/C16H22N2O2S/c1-11-3-4-14-13(9-11)10-15(21-14)16(20)18-7-5-17(6-8-18)12(2)19/h10-11H,3-9H2,1-2H3. The molecule has 0 spiro atoms. The first-order valence-electron chi connectivity index (χ1n) is 7.71. The topological polar surface area (TPSA) is 40.6 Å². The number of hydrogen-bond acceptors (Lipinski definition) is 3. The minimum absolute atomic E-state index is 0.0997. The Morgan fingerprint density at radius 3 is 2.52 bits per heavy atom. The maximum atomic E-state index is 12.6. The fraction of sp³-hybridized carbons (Fsp3) is 0.625. The number of nitrogens with zero attached hydrogens (tertiary/aromatic N) is 2. The van der Waals surface area contributed by atoms with Crippen molar-refractivity contribution >= 4 is 23.2 Å². The highest BCUT2D eigenvalue weighted by molar-refractivity contribution is 7.14. The molecule has 0 bridgehead atoms. The highest BCUT2D eigenvalue weighted by atomic mass is 32.1. The van der Waals surface area contributed by atoms with Gasteiger partial charge in [0.25, 0.3) is 5.91 Å². The van der Waals surface area contributed by atoms with Gasteiger partial charge in [0.15, 0.2) is 0 Å². The van der Waals surface area contributed by atoms with Crippen LogP contribution in [-0.4, -0.2) is 47.8 Å². The summed E-state index contributed by atoms with van der Waals surface area (Å²) in [5, 5.41) is 0. The Balaban J connectivity index is 1.68. The monoisotopic (exact) mass is 306 g/mol. The van der Waals surface area contributed by atoms with Crippen LogP contribution in [0.4, 0.5) is 0 Å². The number of aryl methyl sites for hydroxylation is 1. The Hall–Kier alpha value is -1.36. The number of hydrogen-bond donors (Lipinski definition) is 0. The molecule has 21 heavy (non-hydrogen) atoms. The number of piperazine rings is 1. The van der Waals surface area contributed by atoms with E-state index in [0.29, 0.717) is 26.2 Å². The number of fused-ring (bicyclic) bond motifs is 1. The summed E-state index contributed by atoms with van der Waals surface area (Å²) in [6.07, 6.45) is 3.46. The van der Waals surface area contributed by atoms with Crippen molar-refractivity contribution in [3.8, 4) is 0 Å². The summed E-state index contributed by atoms with van der Waals surface area (Å²) in [5.41, 5.74) is 1.38. The SMILES string of the molecule is CC(=O)N1CCN(C(=O)c2cc3c(s2)CCC(C)C3)CC1. The van der Waals surface area contributed by atoms with E-state index in [4.69, 9.17) is 0 Å². The molecule has 1 unspecified atom stereocenters. The Labute approximate surface area is 129 Å². The van der Waals surface area contributed by atoms with E-state index >= 15 is 0 Å². The van der Waals surface area contributed by atoms with E-state index < -0.39 is 0 Å². The van der Waals surface area contributed by atoms with E-state index in [1.807, 2.05) is 9.80 Å². The predicted octanol–water partition coefficient (Wildman–Crippen LogP) is 2.18. The van der Waals surface area contributed by atoms with Crippen LogP contribution in [0.2, 0.25) is 0 Å². The molecule has 0 N–H and O–H groups in total. The Kier molecular flexibility index (Phi) is 4.02. The molecule has 1 aliphatic carbocycles. The summed E-state index contributed by atoms with van der Waals surface area (Å²) < 4.78 is 0. The second kappa shape index (κ2) is 5.79. The molecule has 1 atom stereocenters. The van der Waals surface area contributed by atoms with Gasteiger partial charge in [-0.1, -0.05) is 6.92 Å². The number of carbonyl (C=O) groups excluding carboxylic acids is 2. The van der Waals surface area contributed by atoms with Crippen LogP contribution < -0.4 is 0 Å². The summed E-state index contributed by atoms with van der Waals surface area (Å²) in [4.78, 5) is 29.9. The van der Waals surface area contributed by atoms with E-state index in [1.54, 1.807) is 18.3 Å². The zero-order valence-electron chi connectivity index (χ0n) is 12.7. The van der Waals surface area contributed by atoms with Gasteiger partial charge in [-0.25, -0.2) is 0 Å². The molecule has 4 nitrogen and oxygen atoms in total. The first kappa shape index (κ1) is 14.6. The molecule has 1 aliphatic heterocycles. The van der Waals surface area contributed by atoms with E-state index in [2.05, 4.69) is 13.0 Å². The quantitative estimate of drug-likeness (QED) is 0.798. The van der Waals surface area contributed by atoms with Crippen LogP contribution in [0.25, 0.3) is 0 Å². The van der Waals surface area contributed by atoms with Gasteiger partial charge in [0.2, 0.25) is 5.91 Å². The Bertz CT molecular complexity index is 559. The number of thiophene rings is 1. The molecule has 114 valence electrons. The van der Waals surface area contributed by atoms with Gasteiger partial charge in [-0.3, -0.25) is 9.59 Å². The van der Waals surface area contributed by atoms with Crippen molar-refractivity contribution in [2.45, 2.75) is 33.1 Å².